The maximum absolute atomic E-state index is 13.0. The van der Waals surface area contributed by atoms with Gasteiger partial charge in [-0.25, -0.2) is 18.5 Å². The van der Waals surface area contributed by atoms with Crippen molar-refractivity contribution in [3.8, 4) is 5.69 Å². The van der Waals surface area contributed by atoms with E-state index in [0.717, 1.165) is 15.9 Å². The normalized spacial score (nSPS) is 11.5. The molecule has 0 radical (unpaired) electrons. The Labute approximate surface area is 200 Å². The first kappa shape index (κ1) is 23.5. The molecule has 4 rings (SSSR count). The fraction of sp³-hybridized carbons (Fsp3) is 0.0500. The number of benzene rings is 2. The number of halogens is 2. The molecule has 0 saturated heterocycles. The van der Waals surface area contributed by atoms with Gasteiger partial charge in [0.15, 0.2) is 6.80 Å². The third kappa shape index (κ3) is 4.16. The largest absolute Gasteiger partial charge is 0.358 e. The molecule has 2 heterocycles. The van der Waals surface area contributed by atoms with Crippen LogP contribution in [0.2, 0.25) is 4.34 Å². The number of H-pyrrole nitrogens is 1. The summed E-state index contributed by atoms with van der Waals surface area (Å²) >= 11 is 6.57. The fourth-order valence-electron chi connectivity index (χ4n) is 3.28. The number of hydrogen-bond acceptors (Lipinski definition) is 7. The first-order valence-electron chi connectivity index (χ1n) is 9.43. The summed E-state index contributed by atoms with van der Waals surface area (Å²) in [6.07, 6.45) is 0. The summed E-state index contributed by atoms with van der Waals surface area (Å²) < 4.78 is 39.7. The number of carbonyl (C=O) groups is 1. The Morgan fingerprint density at radius 2 is 1.85 bits per heavy atom. The minimum absolute atomic E-state index is 0.0988. The number of hydrogen-bond donors (Lipinski definition) is 3. The number of thiophene rings is 1. The third-order valence-corrected chi connectivity index (χ3v) is 8.18. The second-order valence-electron chi connectivity index (χ2n) is 6.82. The number of alkyl halides is 1. The van der Waals surface area contributed by atoms with Gasteiger partial charge in [0.25, 0.3) is 15.6 Å². The molecule has 0 unspecified atom stereocenters. The van der Waals surface area contributed by atoms with Gasteiger partial charge in [0.2, 0.25) is 0 Å². The van der Waals surface area contributed by atoms with Crippen LogP contribution < -0.4 is 26.6 Å². The van der Waals surface area contributed by atoms with Crippen LogP contribution in [-0.4, -0.2) is 30.8 Å². The van der Waals surface area contributed by atoms with Gasteiger partial charge in [-0.2, -0.15) is 12.7 Å². The summed E-state index contributed by atoms with van der Waals surface area (Å²) in [7, 11) is -4.35. The molecule has 176 valence electrons. The maximum Gasteiger partial charge on any atom is 0.333 e. The van der Waals surface area contributed by atoms with Crippen molar-refractivity contribution >= 4 is 61.3 Å². The van der Waals surface area contributed by atoms with E-state index in [2.05, 4.69) is 10.3 Å². The quantitative estimate of drug-likeness (QED) is 0.331. The van der Waals surface area contributed by atoms with Gasteiger partial charge in [-0.05, 0) is 54.6 Å². The SMILES string of the molecule is NC(=O)N(c1ccc(-n2c(=O)[nH]c3ccc(NCF)cc3c2=O)cc1)S(=O)(=O)c1ccc(Cl)s1. The number of primary amides is 1. The van der Waals surface area contributed by atoms with E-state index in [9.17, 15) is 27.2 Å². The molecule has 34 heavy (non-hydrogen) atoms. The lowest BCUT2D eigenvalue weighted by Crippen LogP contribution is -2.40. The van der Waals surface area contributed by atoms with Crippen LogP contribution in [0.4, 0.5) is 20.6 Å². The van der Waals surface area contributed by atoms with Gasteiger partial charge in [-0.15, -0.1) is 11.3 Å². The number of urea groups is 1. The van der Waals surface area contributed by atoms with Gasteiger partial charge in [0.1, 0.15) is 4.21 Å². The fourth-order valence-corrected chi connectivity index (χ4v) is 6.17. The van der Waals surface area contributed by atoms with Crippen LogP contribution in [0.3, 0.4) is 0 Å². The van der Waals surface area contributed by atoms with E-state index in [4.69, 9.17) is 17.3 Å². The van der Waals surface area contributed by atoms with Crippen LogP contribution in [0, 0.1) is 0 Å². The minimum Gasteiger partial charge on any atom is -0.358 e. The molecule has 0 aliphatic carbocycles. The predicted octanol–water partition coefficient (Wildman–Crippen LogP) is 3.01. The number of nitrogens with zero attached hydrogens (tertiary/aromatic N) is 2. The molecule has 14 heteroatoms. The van der Waals surface area contributed by atoms with Gasteiger partial charge in [-0.1, -0.05) is 11.6 Å². The van der Waals surface area contributed by atoms with Gasteiger partial charge in [0, 0.05) is 5.69 Å². The number of sulfonamides is 1. The van der Waals surface area contributed by atoms with Crippen molar-refractivity contribution < 1.29 is 17.6 Å². The third-order valence-electron chi connectivity index (χ3n) is 4.75. The molecule has 0 bridgehead atoms. The first-order valence-corrected chi connectivity index (χ1v) is 12.1. The number of fused-ring (bicyclic) bond motifs is 1. The predicted molar refractivity (Wildman–Crippen MR) is 128 cm³/mol. The molecule has 2 amide bonds. The molecule has 4 aromatic rings. The molecule has 0 saturated carbocycles. The molecule has 0 spiro atoms. The molecule has 10 nitrogen and oxygen atoms in total. The standard InChI is InChI=1S/C20H15ClFN5O5S2/c21-16-7-8-17(33-16)34(31,32)27(19(23)29)13-4-2-12(3-5-13)26-18(28)14-9-11(24-10-22)1-6-15(14)25-20(26)30/h1-9,24H,10H2,(H2,23,29)(H,25,30). The number of amides is 2. The second-order valence-corrected chi connectivity index (χ2v) is 10.6. The number of aromatic nitrogens is 2. The van der Waals surface area contributed by atoms with E-state index in [0.29, 0.717) is 9.99 Å². The van der Waals surface area contributed by atoms with E-state index >= 15 is 0 Å². The minimum atomic E-state index is -4.35. The smallest absolute Gasteiger partial charge is 0.333 e. The summed E-state index contributed by atoms with van der Waals surface area (Å²) in [5.41, 5.74) is 4.50. The van der Waals surface area contributed by atoms with Crippen molar-refractivity contribution in [2.75, 3.05) is 16.4 Å². The zero-order valence-electron chi connectivity index (χ0n) is 17.0. The number of aromatic amines is 1. The Balaban J connectivity index is 1.79. The van der Waals surface area contributed by atoms with Crippen LogP contribution in [0.1, 0.15) is 0 Å². The van der Waals surface area contributed by atoms with Crippen LogP contribution in [0.25, 0.3) is 16.6 Å². The molecular formula is C20H15ClFN5O5S2. The van der Waals surface area contributed by atoms with Crippen molar-refractivity contribution in [1.29, 1.82) is 0 Å². The van der Waals surface area contributed by atoms with Crippen LogP contribution >= 0.6 is 22.9 Å². The number of nitrogens with two attached hydrogens (primary N) is 1. The zero-order valence-corrected chi connectivity index (χ0v) is 19.4. The van der Waals surface area contributed by atoms with E-state index in [-0.39, 0.29) is 30.8 Å². The number of carbonyl (C=O) groups excluding carboxylic acids is 1. The van der Waals surface area contributed by atoms with Crippen molar-refractivity contribution in [1.82, 2.24) is 9.55 Å². The molecular weight excluding hydrogens is 509 g/mol. The van der Waals surface area contributed by atoms with Crippen molar-refractivity contribution in [3.05, 3.63) is 79.8 Å². The van der Waals surface area contributed by atoms with Gasteiger partial charge in [-0.3, -0.25) is 4.79 Å². The highest BCUT2D eigenvalue weighted by Crippen LogP contribution is 2.31. The highest BCUT2D eigenvalue weighted by molar-refractivity contribution is 7.95. The van der Waals surface area contributed by atoms with Crippen LogP contribution in [-0.2, 0) is 10.0 Å². The Bertz CT molecular complexity index is 1630. The lowest BCUT2D eigenvalue weighted by atomic mass is 10.2. The van der Waals surface area contributed by atoms with E-state index < -0.39 is 34.1 Å². The Hall–Kier alpha value is -3.68. The Kier molecular flexibility index (Phi) is 6.17. The molecule has 2 aromatic heterocycles. The Morgan fingerprint density at radius 3 is 2.44 bits per heavy atom. The molecule has 2 aromatic carbocycles. The molecule has 4 N–H and O–H groups in total. The number of rotatable bonds is 6. The number of nitrogens with one attached hydrogen (secondary N) is 2. The van der Waals surface area contributed by atoms with Gasteiger partial charge in [0.05, 0.1) is 26.6 Å². The number of anilines is 2. The topological polar surface area (TPSA) is 147 Å². The van der Waals surface area contributed by atoms with E-state index in [1.807, 2.05) is 0 Å². The summed E-state index contributed by atoms with van der Waals surface area (Å²) in [6.45, 7) is -0.846. The van der Waals surface area contributed by atoms with Gasteiger partial charge < -0.3 is 16.0 Å². The van der Waals surface area contributed by atoms with Crippen LogP contribution in [0.5, 0.6) is 0 Å². The zero-order chi connectivity index (χ0) is 24.6. The molecule has 0 aliphatic rings. The highest BCUT2D eigenvalue weighted by atomic mass is 35.5. The summed E-state index contributed by atoms with van der Waals surface area (Å²) in [6, 6.07) is 10.8. The summed E-state index contributed by atoms with van der Waals surface area (Å²) in [5, 5.41) is 2.56. The lowest BCUT2D eigenvalue weighted by molar-refractivity contribution is 0.257. The highest BCUT2D eigenvalue weighted by Gasteiger charge is 2.31. The average molecular weight is 524 g/mol. The monoisotopic (exact) mass is 523 g/mol. The molecule has 0 fully saturated rings. The van der Waals surface area contributed by atoms with Crippen molar-refractivity contribution in [2.24, 2.45) is 5.73 Å². The van der Waals surface area contributed by atoms with Crippen LogP contribution in [0.15, 0.2) is 68.4 Å². The van der Waals surface area contributed by atoms with Gasteiger partial charge >= 0.3 is 11.7 Å². The van der Waals surface area contributed by atoms with E-state index in [1.54, 1.807) is 0 Å². The average Bonchev–Trinajstić information content (AvgIpc) is 3.22. The van der Waals surface area contributed by atoms with E-state index in [1.165, 1.54) is 54.6 Å². The first-order chi connectivity index (χ1) is 16.1. The summed E-state index contributed by atoms with van der Waals surface area (Å²) in [5.74, 6) is 0. The molecule has 0 atom stereocenters. The van der Waals surface area contributed by atoms with Crippen molar-refractivity contribution in [3.63, 3.8) is 0 Å². The maximum atomic E-state index is 13.0. The lowest BCUT2D eigenvalue weighted by Gasteiger charge is -2.19. The second kappa shape index (κ2) is 8.93. The molecule has 0 aliphatic heterocycles. The Morgan fingerprint density at radius 1 is 1.15 bits per heavy atom. The van der Waals surface area contributed by atoms with Crippen molar-refractivity contribution in [2.45, 2.75) is 4.21 Å². The summed E-state index contributed by atoms with van der Waals surface area (Å²) in [4.78, 5) is 40.2.